The number of hydrogen-bond donors (Lipinski definition) is 2. The molecule has 0 aliphatic carbocycles. The molecular weight excluding hydrogens is 446 g/mol. The van der Waals surface area contributed by atoms with Crippen molar-refractivity contribution < 1.29 is 23.9 Å². The minimum Gasteiger partial charge on any atom is -0.455 e. The van der Waals surface area contributed by atoms with E-state index in [0.29, 0.717) is 5.69 Å². The van der Waals surface area contributed by atoms with Crippen molar-refractivity contribution in [2.75, 3.05) is 18.5 Å². The smallest absolute Gasteiger partial charge is 0.311 e. The minimum absolute atomic E-state index is 0.0278. The maximum atomic E-state index is 13.2. The van der Waals surface area contributed by atoms with E-state index in [1.807, 2.05) is 66.7 Å². The molecule has 0 spiro atoms. The number of rotatable bonds is 8. The fourth-order valence-corrected chi connectivity index (χ4v) is 3.93. The first-order valence-electron chi connectivity index (χ1n) is 11.2. The van der Waals surface area contributed by atoms with Crippen LogP contribution in [0.25, 0.3) is 0 Å². The van der Waals surface area contributed by atoms with Crippen LogP contribution in [0, 0.1) is 5.92 Å². The van der Waals surface area contributed by atoms with E-state index in [2.05, 4.69) is 10.7 Å². The molecule has 1 fully saturated rings. The molecule has 3 amide bonds. The maximum Gasteiger partial charge on any atom is 0.311 e. The largest absolute Gasteiger partial charge is 0.455 e. The first kappa shape index (κ1) is 23.7. The molecular formula is C27H25N3O5. The second-order valence-electron chi connectivity index (χ2n) is 8.16. The molecule has 2 N–H and O–H groups in total. The van der Waals surface area contributed by atoms with E-state index in [1.165, 1.54) is 0 Å². The van der Waals surface area contributed by atoms with E-state index in [9.17, 15) is 19.2 Å². The van der Waals surface area contributed by atoms with Gasteiger partial charge in [0.2, 0.25) is 5.91 Å². The van der Waals surface area contributed by atoms with Gasteiger partial charge < -0.3 is 10.1 Å². The van der Waals surface area contributed by atoms with Crippen molar-refractivity contribution in [2.45, 2.75) is 12.3 Å². The van der Waals surface area contributed by atoms with Crippen LogP contribution in [-0.4, -0.2) is 41.9 Å². The molecule has 8 heteroatoms. The zero-order valence-corrected chi connectivity index (χ0v) is 18.9. The van der Waals surface area contributed by atoms with Crippen molar-refractivity contribution >= 4 is 29.4 Å². The molecule has 1 aliphatic rings. The number of esters is 1. The van der Waals surface area contributed by atoms with E-state index in [1.54, 1.807) is 24.3 Å². The highest BCUT2D eigenvalue weighted by molar-refractivity contribution is 5.94. The Balaban J connectivity index is 1.35. The molecule has 1 heterocycles. The highest BCUT2D eigenvalue weighted by Gasteiger charge is 2.37. The van der Waals surface area contributed by atoms with Gasteiger partial charge in [0.15, 0.2) is 6.61 Å². The second kappa shape index (κ2) is 11.1. The van der Waals surface area contributed by atoms with Crippen LogP contribution in [0.5, 0.6) is 0 Å². The predicted octanol–water partition coefficient (Wildman–Crippen LogP) is 2.88. The third kappa shape index (κ3) is 6.11. The molecule has 0 radical (unpaired) electrons. The molecule has 8 nitrogen and oxygen atoms in total. The van der Waals surface area contributed by atoms with Gasteiger partial charge in [-0.15, -0.1) is 0 Å². The molecule has 35 heavy (non-hydrogen) atoms. The molecule has 3 aromatic carbocycles. The van der Waals surface area contributed by atoms with Crippen LogP contribution in [-0.2, 0) is 23.9 Å². The Kier molecular flexibility index (Phi) is 7.52. The van der Waals surface area contributed by atoms with Gasteiger partial charge in [-0.3, -0.25) is 29.6 Å². The summed E-state index contributed by atoms with van der Waals surface area (Å²) in [5, 5.41) is 3.77. The summed E-state index contributed by atoms with van der Waals surface area (Å²) in [4.78, 5) is 50.3. The van der Waals surface area contributed by atoms with Gasteiger partial charge >= 0.3 is 5.97 Å². The zero-order chi connectivity index (χ0) is 24.6. The van der Waals surface area contributed by atoms with Crippen molar-refractivity contribution in [3.63, 3.8) is 0 Å². The SMILES string of the molecule is O=C(COC(=O)[C@H]1CC(=O)N(NC(=O)C(c2ccccc2)c2ccccc2)C1)Nc1ccccc1. The fraction of sp³-hybridized carbons (Fsp3) is 0.185. The van der Waals surface area contributed by atoms with Gasteiger partial charge in [-0.05, 0) is 23.3 Å². The number of hydrazine groups is 1. The number of hydrogen-bond acceptors (Lipinski definition) is 5. The molecule has 4 rings (SSSR count). The van der Waals surface area contributed by atoms with E-state index in [0.717, 1.165) is 16.1 Å². The number of para-hydroxylation sites is 1. The van der Waals surface area contributed by atoms with E-state index < -0.39 is 36.2 Å². The van der Waals surface area contributed by atoms with Crippen molar-refractivity contribution in [1.82, 2.24) is 10.4 Å². The lowest BCUT2D eigenvalue weighted by Crippen LogP contribution is -2.45. The molecule has 0 bridgehead atoms. The molecule has 1 saturated heterocycles. The molecule has 178 valence electrons. The number of nitrogens with zero attached hydrogens (tertiary/aromatic N) is 1. The van der Waals surface area contributed by atoms with Gasteiger partial charge in [0.05, 0.1) is 18.4 Å². The summed E-state index contributed by atoms with van der Waals surface area (Å²) in [6.07, 6.45) is -0.110. The number of carbonyl (C=O) groups is 4. The monoisotopic (exact) mass is 471 g/mol. The Labute approximate surface area is 202 Å². The lowest BCUT2D eigenvalue weighted by Gasteiger charge is -2.23. The van der Waals surface area contributed by atoms with Crippen LogP contribution >= 0.6 is 0 Å². The molecule has 1 atom stereocenters. The Morgan fingerprint density at radius 3 is 1.97 bits per heavy atom. The van der Waals surface area contributed by atoms with Gasteiger partial charge in [0.1, 0.15) is 0 Å². The number of nitrogens with one attached hydrogen (secondary N) is 2. The van der Waals surface area contributed by atoms with E-state index in [4.69, 9.17) is 4.74 Å². The summed E-state index contributed by atoms with van der Waals surface area (Å²) < 4.78 is 5.11. The van der Waals surface area contributed by atoms with Crippen molar-refractivity contribution in [3.8, 4) is 0 Å². The standard InChI is InChI=1S/C27H25N3O5/c31-23(28-22-14-8-3-9-15-22)18-35-27(34)21-16-24(32)30(17-21)29-26(33)25(19-10-4-1-5-11-19)20-12-6-2-7-13-20/h1-15,21,25H,16-18H2,(H,28,31)(H,29,33)/t21-/m0/s1. The summed E-state index contributed by atoms with van der Waals surface area (Å²) in [5.41, 5.74) is 4.82. The first-order valence-corrected chi connectivity index (χ1v) is 11.2. The quantitative estimate of drug-likeness (QED) is 0.492. The highest BCUT2D eigenvalue weighted by Crippen LogP contribution is 2.26. The first-order chi connectivity index (χ1) is 17.0. The van der Waals surface area contributed by atoms with Gasteiger partial charge in [0.25, 0.3) is 11.8 Å². The van der Waals surface area contributed by atoms with Crippen LogP contribution in [0.3, 0.4) is 0 Å². The van der Waals surface area contributed by atoms with Gasteiger partial charge in [-0.2, -0.15) is 0 Å². The van der Waals surface area contributed by atoms with Gasteiger partial charge in [-0.1, -0.05) is 78.9 Å². The highest BCUT2D eigenvalue weighted by atomic mass is 16.5. The predicted molar refractivity (Wildman–Crippen MR) is 129 cm³/mol. The molecule has 0 unspecified atom stereocenters. The van der Waals surface area contributed by atoms with Crippen LogP contribution in [0.15, 0.2) is 91.0 Å². The summed E-state index contributed by atoms with van der Waals surface area (Å²) in [5.74, 6) is -3.33. The number of anilines is 1. The summed E-state index contributed by atoms with van der Waals surface area (Å²) in [6.45, 7) is -0.491. The Hall–Kier alpha value is -4.46. The van der Waals surface area contributed by atoms with Crippen LogP contribution < -0.4 is 10.7 Å². The molecule has 3 aromatic rings. The van der Waals surface area contributed by atoms with Crippen molar-refractivity contribution in [1.29, 1.82) is 0 Å². The molecule has 0 aromatic heterocycles. The van der Waals surface area contributed by atoms with Crippen LogP contribution in [0.4, 0.5) is 5.69 Å². The average Bonchev–Trinajstić information content (AvgIpc) is 3.24. The second-order valence-corrected chi connectivity index (χ2v) is 8.16. The third-order valence-electron chi connectivity index (χ3n) is 5.63. The van der Waals surface area contributed by atoms with Crippen LogP contribution in [0.2, 0.25) is 0 Å². The third-order valence-corrected chi connectivity index (χ3v) is 5.63. The number of benzene rings is 3. The maximum absolute atomic E-state index is 13.2. The number of amides is 3. The lowest BCUT2D eigenvalue weighted by molar-refractivity contribution is -0.151. The topological polar surface area (TPSA) is 105 Å². The van der Waals surface area contributed by atoms with Gasteiger partial charge in [-0.25, -0.2) is 0 Å². The zero-order valence-electron chi connectivity index (χ0n) is 18.9. The lowest BCUT2D eigenvalue weighted by atomic mass is 9.91. The van der Waals surface area contributed by atoms with Crippen molar-refractivity contribution in [2.24, 2.45) is 5.92 Å². The average molecular weight is 472 g/mol. The minimum atomic E-state index is -0.778. The Morgan fingerprint density at radius 1 is 0.857 bits per heavy atom. The normalized spacial score (nSPS) is 15.1. The summed E-state index contributed by atoms with van der Waals surface area (Å²) >= 11 is 0. The van der Waals surface area contributed by atoms with Crippen molar-refractivity contribution in [3.05, 3.63) is 102 Å². The summed E-state index contributed by atoms with van der Waals surface area (Å²) in [6, 6.07) is 27.3. The van der Waals surface area contributed by atoms with Gasteiger partial charge in [0, 0.05) is 12.1 Å². The molecule has 0 saturated carbocycles. The van der Waals surface area contributed by atoms with E-state index >= 15 is 0 Å². The fourth-order valence-electron chi connectivity index (χ4n) is 3.93. The number of ether oxygens (including phenoxy) is 1. The van der Waals surface area contributed by atoms with E-state index in [-0.39, 0.29) is 18.9 Å². The van der Waals surface area contributed by atoms with Crippen LogP contribution in [0.1, 0.15) is 23.5 Å². The molecule has 1 aliphatic heterocycles. The number of carbonyl (C=O) groups excluding carboxylic acids is 4. The Morgan fingerprint density at radius 2 is 1.40 bits per heavy atom. The summed E-state index contributed by atoms with van der Waals surface area (Å²) in [7, 11) is 0. The Bertz CT molecular complexity index is 1150.